The Bertz CT molecular complexity index is 1430. The van der Waals surface area contributed by atoms with Crippen LogP contribution in [0.3, 0.4) is 0 Å². The largest absolute Gasteiger partial charge is 0.457 e. The predicted molar refractivity (Wildman–Crippen MR) is 140 cm³/mol. The summed E-state index contributed by atoms with van der Waals surface area (Å²) in [5.41, 5.74) is 2.56. The van der Waals surface area contributed by atoms with Crippen molar-refractivity contribution in [3.05, 3.63) is 76.9 Å². The minimum Gasteiger partial charge on any atom is -0.457 e. The molecule has 0 aliphatic carbocycles. The Balaban J connectivity index is 1.27. The Morgan fingerprint density at radius 3 is 2.62 bits per heavy atom. The van der Waals surface area contributed by atoms with Crippen LogP contribution in [0, 0.1) is 11.3 Å². The Kier molecular flexibility index (Phi) is 7.07. The molecule has 0 spiro atoms. The van der Waals surface area contributed by atoms with Crippen LogP contribution in [0.2, 0.25) is 0 Å². The number of para-hydroxylation sites is 2. The average molecular weight is 515 g/mol. The Hall–Kier alpha value is -4.33. The number of nitrogens with one attached hydrogen (secondary N) is 1. The van der Waals surface area contributed by atoms with Crippen molar-refractivity contribution in [1.29, 1.82) is 5.26 Å². The molecule has 2 saturated heterocycles. The zero-order valence-electron chi connectivity index (χ0n) is 19.7. The molecule has 5 rings (SSSR count). The maximum Gasteiger partial charge on any atom is 0.294 e. The normalized spacial score (nSPS) is 16.8. The van der Waals surface area contributed by atoms with Gasteiger partial charge in [0.2, 0.25) is 5.91 Å². The molecule has 9 nitrogen and oxygen atoms in total. The van der Waals surface area contributed by atoms with E-state index >= 15 is 0 Å². The van der Waals surface area contributed by atoms with Gasteiger partial charge in [0.05, 0.1) is 41.1 Å². The van der Waals surface area contributed by atoms with Crippen LogP contribution in [0.5, 0.6) is 0 Å². The van der Waals surface area contributed by atoms with Crippen LogP contribution < -0.4 is 10.2 Å². The van der Waals surface area contributed by atoms with E-state index in [-0.39, 0.29) is 4.91 Å². The number of amides is 3. The molecule has 0 saturated carbocycles. The number of hydrogen-bond acceptors (Lipinski definition) is 8. The fourth-order valence-electron chi connectivity index (χ4n) is 4.13. The fourth-order valence-corrected chi connectivity index (χ4v) is 4.95. The number of thioether (sulfide) groups is 1. The molecule has 186 valence electrons. The summed E-state index contributed by atoms with van der Waals surface area (Å²) in [5.74, 6) is -0.210. The maximum atomic E-state index is 12.9. The van der Waals surface area contributed by atoms with Crippen LogP contribution >= 0.6 is 11.8 Å². The van der Waals surface area contributed by atoms with Crippen LogP contribution in [0.4, 0.5) is 16.2 Å². The lowest BCUT2D eigenvalue weighted by Crippen LogP contribution is -2.38. The zero-order chi connectivity index (χ0) is 25.8. The number of hydrogen-bond donors (Lipinski definition) is 1. The van der Waals surface area contributed by atoms with Crippen molar-refractivity contribution in [2.45, 2.75) is 0 Å². The first-order valence-electron chi connectivity index (χ1n) is 11.6. The van der Waals surface area contributed by atoms with Crippen molar-refractivity contribution in [3.8, 4) is 17.4 Å². The Morgan fingerprint density at radius 1 is 1.05 bits per heavy atom. The van der Waals surface area contributed by atoms with Gasteiger partial charge in [-0.1, -0.05) is 24.3 Å². The van der Waals surface area contributed by atoms with E-state index in [1.165, 1.54) is 6.08 Å². The maximum absolute atomic E-state index is 12.9. The number of nitrogens with zero attached hydrogens (tertiary/aromatic N) is 3. The molecule has 0 unspecified atom stereocenters. The van der Waals surface area contributed by atoms with E-state index in [2.05, 4.69) is 16.3 Å². The van der Waals surface area contributed by atoms with Crippen molar-refractivity contribution < 1.29 is 23.5 Å². The van der Waals surface area contributed by atoms with Gasteiger partial charge in [-0.3, -0.25) is 19.3 Å². The van der Waals surface area contributed by atoms with E-state index in [9.17, 15) is 19.6 Å². The highest BCUT2D eigenvalue weighted by Gasteiger charge is 2.36. The van der Waals surface area contributed by atoms with Gasteiger partial charge < -0.3 is 19.4 Å². The molecule has 10 heteroatoms. The quantitative estimate of drug-likeness (QED) is 0.483. The smallest absolute Gasteiger partial charge is 0.294 e. The van der Waals surface area contributed by atoms with E-state index in [1.54, 1.807) is 42.5 Å². The summed E-state index contributed by atoms with van der Waals surface area (Å²) in [4.78, 5) is 41.5. The fraction of sp³-hybridized carbons (Fsp3) is 0.185. The summed E-state index contributed by atoms with van der Waals surface area (Å²) >= 11 is 0.748. The van der Waals surface area contributed by atoms with E-state index < -0.39 is 23.6 Å². The molecule has 3 aromatic rings. The van der Waals surface area contributed by atoms with Gasteiger partial charge in [0.15, 0.2) is 0 Å². The average Bonchev–Trinajstić information content (AvgIpc) is 3.49. The molecular formula is C27H22N4O5S. The van der Waals surface area contributed by atoms with Crippen LogP contribution in [-0.4, -0.2) is 54.8 Å². The van der Waals surface area contributed by atoms with Gasteiger partial charge in [-0.15, -0.1) is 0 Å². The molecule has 2 fully saturated rings. The Morgan fingerprint density at radius 2 is 1.81 bits per heavy atom. The molecule has 3 amide bonds. The number of furan rings is 1. The number of ether oxygens (including phenoxy) is 1. The van der Waals surface area contributed by atoms with Gasteiger partial charge in [-0.2, -0.15) is 5.26 Å². The van der Waals surface area contributed by atoms with Crippen molar-refractivity contribution >= 4 is 46.3 Å². The number of carbonyl (C=O) groups is 3. The van der Waals surface area contributed by atoms with Gasteiger partial charge in [0.1, 0.15) is 18.1 Å². The van der Waals surface area contributed by atoms with Crippen molar-refractivity contribution in [2.75, 3.05) is 43.1 Å². The second kappa shape index (κ2) is 10.7. The van der Waals surface area contributed by atoms with Gasteiger partial charge in [-0.25, -0.2) is 0 Å². The topological polar surface area (TPSA) is 116 Å². The minimum absolute atomic E-state index is 0.154. The number of anilines is 2. The van der Waals surface area contributed by atoms with E-state index in [0.29, 0.717) is 54.6 Å². The van der Waals surface area contributed by atoms with Crippen molar-refractivity contribution in [1.82, 2.24) is 4.90 Å². The highest BCUT2D eigenvalue weighted by atomic mass is 32.2. The first kappa shape index (κ1) is 24.4. The van der Waals surface area contributed by atoms with Gasteiger partial charge in [0.25, 0.3) is 11.1 Å². The molecule has 1 N–H and O–H groups in total. The number of imide groups is 1. The monoisotopic (exact) mass is 514 g/mol. The first-order chi connectivity index (χ1) is 18.0. The minimum atomic E-state index is -0.568. The highest BCUT2D eigenvalue weighted by Crippen LogP contribution is 2.34. The lowest BCUT2D eigenvalue weighted by atomic mass is 10.1. The number of carbonyl (C=O) groups excluding carboxylic acids is 3. The van der Waals surface area contributed by atoms with E-state index in [1.807, 2.05) is 18.2 Å². The summed E-state index contributed by atoms with van der Waals surface area (Å²) in [7, 11) is 0. The molecule has 2 aliphatic rings. The third kappa shape index (κ3) is 5.28. The van der Waals surface area contributed by atoms with Crippen molar-refractivity contribution in [2.24, 2.45) is 0 Å². The summed E-state index contributed by atoms with van der Waals surface area (Å²) in [6, 6.07) is 19.9. The Labute approximate surface area is 217 Å². The van der Waals surface area contributed by atoms with Crippen LogP contribution in [0.25, 0.3) is 17.4 Å². The molecular weight excluding hydrogens is 492 g/mol. The number of nitriles is 1. The van der Waals surface area contributed by atoms with Gasteiger partial charge in [0, 0.05) is 24.7 Å². The summed E-state index contributed by atoms with van der Waals surface area (Å²) in [6.07, 6.45) is 1.47. The second-order valence-corrected chi connectivity index (χ2v) is 9.29. The third-order valence-corrected chi connectivity index (χ3v) is 6.83. The van der Waals surface area contributed by atoms with Crippen LogP contribution in [0.15, 0.2) is 70.0 Å². The number of rotatable bonds is 6. The molecule has 0 bridgehead atoms. The van der Waals surface area contributed by atoms with Crippen LogP contribution in [-0.2, 0) is 14.3 Å². The molecule has 1 aromatic heterocycles. The zero-order valence-corrected chi connectivity index (χ0v) is 20.5. The van der Waals surface area contributed by atoms with Gasteiger partial charge in [-0.05, 0) is 48.2 Å². The lowest BCUT2D eigenvalue weighted by Gasteiger charge is -2.30. The number of morpholine rings is 1. The van der Waals surface area contributed by atoms with Crippen LogP contribution in [0.1, 0.15) is 11.3 Å². The van der Waals surface area contributed by atoms with Crippen molar-refractivity contribution in [3.63, 3.8) is 0 Å². The molecule has 37 heavy (non-hydrogen) atoms. The highest BCUT2D eigenvalue weighted by molar-refractivity contribution is 8.18. The number of benzene rings is 2. The third-order valence-electron chi connectivity index (χ3n) is 5.92. The van der Waals surface area contributed by atoms with E-state index in [4.69, 9.17) is 9.15 Å². The standard InChI is InChI=1S/C27H22N4O5S/c28-16-18-5-1-2-6-20(18)23-10-9-19(36-23)15-24-26(33)31(27(34)37-24)17-25(32)29-21-7-3-4-8-22(21)30-11-13-35-14-12-30/h1-10,15H,11-14,17H2,(H,29,32)/b24-15+. The molecule has 2 aliphatic heterocycles. The molecule has 3 heterocycles. The molecule has 0 atom stereocenters. The van der Waals surface area contributed by atoms with E-state index in [0.717, 1.165) is 22.3 Å². The first-order valence-corrected chi connectivity index (χ1v) is 12.4. The SMILES string of the molecule is N#Cc1ccccc1-c1ccc(/C=C2/SC(=O)N(CC(=O)Nc3ccccc3N3CCOCC3)C2=O)o1. The molecule has 0 radical (unpaired) electrons. The summed E-state index contributed by atoms with van der Waals surface area (Å²) < 4.78 is 11.2. The lowest BCUT2D eigenvalue weighted by molar-refractivity contribution is -0.127. The summed E-state index contributed by atoms with van der Waals surface area (Å²) in [6.45, 7) is 2.22. The second-order valence-electron chi connectivity index (χ2n) is 8.29. The summed E-state index contributed by atoms with van der Waals surface area (Å²) in [5, 5.41) is 11.6. The van der Waals surface area contributed by atoms with Gasteiger partial charge >= 0.3 is 0 Å². The molecule has 2 aromatic carbocycles. The predicted octanol–water partition coefficient (Wildman–Crippen LogP) is 4.33.